The average molecular weight is 231 g/mol. The van der Waals surface area contributed by atoms with Gasteiger partial charge >= 0.3 is 0 Å². The van der Waals surface area contributed by atoms with Crippen LogP contribution in [0, 0.1) is 10.1 Å². The molecule has 0 saturated heterocycles. The number of aliphatic hydroxyl groups excluding tert-OH is 1. The number of rotatable bonds is 4. The van der Waals surface area contributed by atoms with Crippen molar-refractivity contribution >= 4 is 23.0 Å². The molecule has 0 aliphatic heterocycles. The maximum absolute atomic E-state index is 10.7. The summed E-state index contributed by atoms with van der Waals surface area (Å²) >= 11 is 5.72. The van der Waals surface area contributed by atoms with Crippen LogP contribution in [-0.4, -0.2) is 22.7 Å². The van der Waals surface area contributed by atoms with Crippen LogP contribution >= 0.6 is 11.6 Å². The van der Waals surface area contributed by atoms with Crippen molar-refractivity contribution < 1.29 is 10.0 Å². The molecule has 0 amide bonds. The van der Waals surface area contributed by atoms with E-state index in [0.29, 0.717) is 10.7 Å². The molecule has 0 aliphatic carbocycles. The van der Waals surface area contributed by atoms with Crippen LogP contribution in [0.5, 0.6) is 0 Å². The fourth-order valence-corrected chi connectivity index (χ4v) is 1.27. The van der Waals surface area contributed by atoms with E-state index in [1.165, 1.54) is 18.2 Å². The molecule has 1 rings (SSSR count). The molecule has 0 fully saturated rings. The Morgan fingerprint density at radius 1 is 1.67 bits per heavy atom. The number of hydrogen-bond donors (Lipinski definition) is 2. The van der Waals surface area contributed by atoms with Crippen LogP contribution in [0.15, 0.2) is 18.2 Å². The van der Waals surface area contributed by atoms with Gasteiger partial charge in [0.15, 0.2) is 0 Å². The molecule has 6 heteroatoms. The molecule has 0 spiro atoms. The van der Waals surface area contributed by atoms with Gasteiger partial charge in [0.1, 0.15) is 5.69 Å². The lowest BCUT2D eigenvalue weighted by Gasteiger charge is -2.12. The van der Waals surface area contributed by atoms with E-state index >= 15 is 0 Å². The number of nitro groups is 1. The Labute approximate surface area is 91.8 Å². The standard InChI is InChI=1S/C9H11ClN2O3/c1-6(5-13)11-8-4-7(10)2-3-9(8)12(14)15/h2-4,6,11,13H,5H2,1H3. The van der Waals surface area contributed by atoms with E-state index in [2.05, 4.69) is 5.32 Å². The largest absolute Gasteiger partial charge is 0.394 e. The van der Waals surface area contributed by atoms with Crippen molar-refractivity contribution in [1.82, 2.24) is 0 Å². The van der Waals surface area contributed by atoms with Gasteiger partial charge in [-0.15, -0.1) is 0 Å². The summed E-state index contributed by atoms with van der Waals surface area (Å²) in [7, 11) is 0. The zero-order valence-corrected chi connectivity index (χ0v) is 8.86. The lowest BCUT2D eigenvalue weighted by Crippen LogP contribution is -2.19. The van der Waals surface area contributed by atoms with E-state index < -0.39 is 4.92 Å². The van der Waals surface area contributed by atoms with E-state index in [4.69, 9.17) is 16.7 Å². The van der Waals surface area contributed by atoms with Crippen LogP contribution in [0.2, 0.25) is 5.02 Å². The zero-order valence-electron chi connectivity index (χ0n) is 8.11. The number of nitro benzene ring substituents is 1. The molecular formula is C9H11ClN2O3. The molecule has 0 heterocycles. The minimum absolute atomic E-state index is 0.0558. The summed E-state index contributed by atoms with van der Waals surface area (Å²) in [5.74, 6) is 0. The highest BCUT2D eigenvalue weighted by Crippen LogP contribution is 2.27. The SMILES string of the molecule is CC(CO)Nc1cc(Cl)ccc1[N+](=O)[O-]. The first-order valence-electron chi connectivity index (χ1n) is 4.36. The van der Waals surface area contributed by atoms with Crippen LogP contribution in [0.4, 0.5) is 11.4 Å². The van der Waals surface area contributed by atoms with Gasteiger partial charge in [-0.05, 0) is 19.1 Å². The number of nitrogens with one attached hydrogen (secondary N) is 1. The van der Waals surface area contributed by atoms with Gasteiger partial charge in [0, 0.05) is 17.1 Å². The van der Waals surface area contributed by atoms with Crippen LogP contribution in [0.1, 0.15) is 6.92 Å². The molecule has 5 nitrogen and oxygen atoms in total. The number of nitrogens with zero attached hydrogens (tertiary/aromatic N) is 1. The third-order valence-electron chi connectivity index (χ3n) is 1.83. The molecule has 1 aromatic rings. The van der Waals surface area contributed by atoms with Crippen LogP contribution < -0.4 is 5.32 Å². The zero-order chi connectivity index (χ0) is 11.4. The Bertz CT molecular complexity index is 370. The second-order valence-corrected chi connectivity index (χ2v) is 3.58. The van der Waals surface area contributed by atoms with Crippen LogP contribution in [0.25, 0.3) is 0 Å². The number of halogens is 1. The Morgan fingerprint density at radius 3 is 2.87 bits per heavy atom. The van der Waals surface area contributed by atoms with Gasteiger partial charge in [0.05, 0.1) is 11.5 Å². The Morgan fingerprint density at radius 2 is 2.33 bits per heavy atom. The Hall–Kier alpha value is -1.33. The molecule has 1 atom stereocenters. The fourth-order valence-electron chi connectivity index (χ4n) is 1.09. The molecule has 0 aliphatic rings. The van der Waals surface area contributed by atoms with E-state index in [1.54, 1.807) is 6.92 Å². The van der Waals surface area contributed by atoms with Gasteiger partial charge in [-0.1, -0.05) is 11.6 Å². The van der Waals surface area contributed by atoms with Gasteiger partial charge in [0.25, 0.3) is 5.69 Å². The quantitative estimate of drug-likeness (QED) is 0.613. The number of hydrogen-bond acceptors (Lipinski definition) is 4. The van der Waals surface area contributed by atoms with E-state index in [-0.39, 0.29) is 18.3 Å². The predicted molar refractivity (Wildman–Crippen MR) is 58.3 cm³/mol. The molecule has 0 radical (unpaired) electrons. The summed E-state index contributed by atoms with van der Waals surface area (Å²) in [4.78, 5) is 10.2. The summed E-state index contributed by atoms with van der Waals surface area (Å²) in [6.45, 7) is 1.61. The number of benzene rings is 1. The Balaban J connectivity index is 3.02. The van der Waals surface area contributed by atoms with Crippen LogP contribution in [0.3, 0.4) is 0 Å². The van der Waals surface area contributed by atoms with Gasteiger partial charge < -0.3 is 10.4 Å². The van der Waals surface area contributed by atoms with Gasteiger partial charge in [0.2, 0.25) is 0 Å². The maximum Gasteiger partial charge on any atom is 0.292 e. The Kier molecular flexibility index (Phi) is 3.88. The maximum atomic E-state index is 10.7. The van der Waals surface area contributed by atoms with E-state index in [0.717, 1.165) is 0 Å². The minimum atomic E-state index is -0.497. The first-order chi connectivity index (χ1) is 7.04. The van der Waals surface area contributed by atoms with Gasteiger partial charge in [-0.25, -0.2) is 0 Å². The molecule has 0 aromatic heterocycles. The average Bonchev–Trinajstić information content (AvgIpc) is 2.17. The van der Waals surface area contributed by atoms with Crippen molar-refractivity contribution in [3.05, 3.63) is 33.3 Å². The first kappa shape index (κ1) is 11.7. The third kappa shape index (κ3) is 3.07. The molecule has 82 valence electrons. The molecule has 2 N–H and O–H groups in total. The molecule has 15 heavy (non-hydrogen) atoms. The van der Waals surface area contributed by atoms with Crippen molar-refractivity contribution in [3.8, 4) is 0 Å². The minimum Gasteiger partial charge on any atom is -0.394 e. The molecule has 0 saturated carbocycles. The van der Waals surface area contributed by atoms with Crippen molar-refractivity contribution in [2.45, 2.75) is 13.0 Å². The summed E-state index contributed by atoms with van der Waals surface area (Å²) in [5.41, 5.74) is 0.258. The highest BCUT2D eigenvalue weighted by atomic mass is 35.5. The van der Waals surface area contributed by atoms with Crippen molar-refractivity contribution in [2.24, 2.45) is 0 Å². The van der Waals surface area contributed by atoms with E-state index in [9.17, 15) is 10.1 Å². The first-order valence-corrected chi connectivity index (χ1v) is 4.73. The number of aliphatic hydroxyl groups is 1. The fraction of sp³-hybridized carbons (Fsp3) is 0.333. The lowest BCUT2D eigenvalue weighted by atomic mass is 10.2. The summed E-state index contributed by atoms with van der Waals surface area (Å²) in [6.07, 6.45) is 0. The predicted octanol–water partition coefficient (Wildman–Crippen LogP) is 2.04. The second-order valence-electron chi connectivity index (χ2n) is 3.15. The number of anilines is 1. The monoisotopic (exact) mass is 230 g/mol. The van der Waals surface area contributed by atoms with Crippen molar-refractivity contribution in [2.75, 3.05) is 11.9 Å². The van der Waals surface area contributed by atoms with Crippen molar-refractivity contribution in [3.63, 3.8) is 0 Å². The van der Waals surface area contributed by atoms with Crippen molar-refractivity contribution in [1.29, 1.82) is 0 Å². The molecule has 1 unspecified atom stereocenters. The topological polar surface area (TPSA) is 75.4 Å². The lowest BCUT2D eigenvalue weighted by molar-refractivity contribution is -0.384. The highest BCUT2D eigenvalue weighted by Gasteiger charge is 2.15. The van der Waals surface area contributed by atoms with Crippen LogP contribution in [-0.2, 0) is 0 Å². The van der Waals surface area contributed by atoms with E-state index in [1.807, 2.05) is 0 Å². The van der Waals surface area contributed by atoms with Gasteiger partial charge in [-0.2, -0.15) is 0 Å². The van der Waals surface area contributed by atoms with Gasteiger partial charge in [-0.3, -0.25) is 10.1 Å². The second kappa shape index (κ2) is 4.95. The molecule has 1 aromatic carbocycles. The summed E-state index contributed by atoms with van der Waals surface area (Å²) < 4.78 is 0. The molecule has 0 bridgehead atoms. The molecular weight excluding hydrogens is 220 g/mol. The highest BCUT2D eigenvalue weighted by molar-refractivity contribution is 6.31. The third-order valence-corrected chi connectivity index (χ3v) is 2.07. The summed E-state index contributed by atoms with van der Waals surface area (Å²) in [5, 5.41) is 22.7. The smallest absolute Gasteiger partial charge is 0.292 e. The normalized spacial score (nSPS) is 12.2. The summed E-state index contributed by atoms with van der Waals surface area (Å²) in [6, 6.07) is 3.98.